The van der Waals surface area contributed by atoms with Crippen LogP contribution >= 0.6 is 11.3 Å². The summed E-state index contributed by atoms with van der Waals surface area (Å²) in [6.07, 6.45) is 2.50. The normalized spacial score (nSPS) is 10.2. The number of nitrogens with one attached hydrogen (secondary N) is 1. The fraction of sp³-hybridized carbons (Fsp3) is 0.308. The number of nitrogens with zero attached hydrogens (tertiary/aromatic N) is 2. The Hall–Kier alpha value is -2.15. The molecule has 2 rings (SSSR count). The Balaban J connectivity index is 2.20. The molecule has 20 heavy (non-hydrogen) atoms. The highest BCUT2D eigenvalue weighted by molar-refractivity contribution is 7.09. The summed E-state index contributed by atoms with van der Waals surface area (Å²) in [5.74, 6) is 0.293. The van der Waals surface area contributed by atoms with Gasteiger partial charge in [-0.3, -0.25) is 10.1 Å². The molecule has 0 aliphatic heterocycles. The van der Waals surface area contributed by atoms with Crippen LogP contribution in [0.2, 0.25) is 0 Å². The number of aromatic nitrogens is 1. The van der Waals surface area contributed by atoms with E-state index in [2.05, 4.69) is 10.3 Å². The number of anilines is 1. The van der Waals surface area contributed by atoms with Gasteiger partial charge in [0.05, 0.1) is 18.1 Å². The third kappa shape index (κ3) is 3.45. The second kappa shape index (κ2) is 6.85. The molecule has 0 unspecified atom stereocenters. The van der Waals surface area contributed by atoms with E-state index in [0.717, 1.165) is 11.4 Å². The predicted molar refractivity (Wildman–Crippen MR) is 78.3 cm³/mol. The molecular weight excluding hydrogens is 278 g/mol. The number of benzene rings is 1. The lowest BCUT2D eigenvalue weighted by Gasteiger charge is -2.10. The van der Waals surface area contributed by atoms with E-state index in [1.165, 1.54) is 11.3 Å². The minimum Gasteiger partial charge on any atom is -0.487 e. The highest BCUT2D eigenvalue weighted by Gasteiger charge is 2.20. The number of para-hydroxylation sites is 1. The monoisotopic (exact) mass is 293 g/mol. The van der Waals surface area contributed by atoms with E-state index in [1.807, 2.05) is 12.3 Å². The lowest BCUT2D eigenvalue weighted by molar-refractivity contribution is -0.385. The van der Waals surface area contributed by atoms with Gasteiger partial charge in [-0.25, -0.2) is 4.98 Å². The van der Waals surface area contributed by atoms with Crippen molar-refractivity contribution in [1.82, 2.24) is 4.98 Å². The zero-order chi connectivity index (χ0) is 14.4. The number of thiazole rings is 1. The van der Waals surface area contributed by atoms with Crippen LogP contribution in [0.15, 0.2) is 29.8 Å². The summed E-state index contributed by atoms with van der Waals surface area (Å²) < 4.78 is 5.43. The molecule has 1 heterocycles. The molecule has 7 heteroatoms. The van der Waals surface area contributed by atoms with E-state index in [0.29, 0.717) is 24.6 Å². The van der Waals surface area contributed by atoms with Gasteiger partial charge in [0.25, 0.3) is 0 Å². The van der Waals surface area contributed by atoms with Crippen LogP contribution in [-0.2, 0) is 6.54 Å². The molecule has 2 aromatic rings. The Morgan fingerprint density at radius 2 is 2.35 bits per heavy atom. The number of nitro groups is 1. The molecule has 0 spiro atoms. The minimum atomic E-state index is -0.421. The molecule has 0 fully saturated rings. The lowest BCUT2D eigenvalue weighted by Crippen LogP contribution is -2.05. The van der Waals surface area contributed by atoms with E-state index in [-0.39, 0.29) is 5.69 Å². The molecule has 0 radical (unpaired) electrons. The molecular formula is C13H15N3O3S. The lowest BCUT2D eigenvalue weighted by atomic mass is 10.2. The highest BCUT2D eigenvalue weighted by atomic mass is 32.1. The second-order valence-corrected chi connectivity index (χ2v) is 5.02. The fourth-order valence-electron chi connectivity index (χ4n) is 1.69. The van der Waals surface area contributed by atoms with Gasteiger partial charge in [-0.2, -0.15) is 0 Å². The summed E-state index contributed by atoms with van der Waals surface area (Å²) in [4.78, 5) is 15.0. The number of nitro benzene ring substituents is 1. The first-order valence-corrected chi connectivity index (χ1v) is 7.12. The van der Waals surface area contributed by atoms with Crippen molar-refractivity contribution in [3.63, 3.8) is 0 Å². The average molecular weight is 293 g/mol. The van der Waals surface area contributed by atoms with Gasteiger partial charge >= 0.3 is 5.69 Å². The van der Waals surface area contributed by atoms with Gasteiger partial charge < -0.3 is 10.1 Å². The van der Waals surface area contributed by atoms with Crippen molar-refractivity contribution in [2.45, 2.75) is 19.9 Å². The van der Waals surface area contributed by atoms with Crippen LogP contribution in [0.25, 0.3) is 0 Å². The quantitative estimate of drug-likeness (QED) is 0.625. The fourth-order valence-corrected chi connectivity index (χ4v) is 2.25. The van der Waals surface area contributed by atoms with E-state index in [9.17, 15) is 10.1 Å². The van der Waals surface area contributed by atoms with Crippen LogP contribution < -0.4 is 10.1 Å². The number of hydrogen-bond acceptors (Lipinski definition) is 6. The zero-order valence-corrected chi connectivity index (χ0v) is 11.9. The van der Waals surface area contributed by atoms with E-state index >= 15 is 0 Å². The van der Waals surface area contributed by atoms with Crippen molar-refractivity contribution in [2.24, 2.45) is 0 Å². The Bertz CT molecular complexity index is 572. The molecule has 6 nitrogen and oxygen atoms in total. The molecule has 106 valence electrons. The van der Waals surface area contributed by atoms with Crippen LogP contribution in [0, 0.1) is 10.1 Å². The Labute approximate surface area is 120 Å². The van der Waals surface area contributed by atoms with Crippen LogP contribution in [0.3, 0.4) is 0 Å². The van der Waals surface area contributed by atoms with Crippen LogP contribution in [0.1, 0.15) is 18.4 Å². The summed E-state index contributed by atoms with van der Waals surface area (Å²) >= 11 is 1.50. The molecule has 0 saturated heterocycles. The van der Waals surface area contributed by atoms with E-state index in [4.69, 9.17) is 4.74 Å². The largest absolute Gasteiger partial charge is 0.487 e. The first kappa shape index (κ1) is 14.3. The minimum absolute atomic E-state index is 0.0301. The highest BCUT2D eigenvalue weighted by Crippen LogP contribution is 2.35. The standard InChI is InChI=1S/C13H15N3O3S/c1-2-7-19-11-5-3-4-10(13(11)16(17)18)15-9-12-14-6-8-20-12/h3-6,8,15H,2,7,9H2,1H3. The Morgan fingerprint density at radius 1 is 1.50 bits per heavy atom. The first-order chi connectivity index (χ1) is 9.72. The van der Waals surface area contributed by atoms with Gasteiger partial charge in [-0.1, -0.05) is 13.0 Å². The van der Waals surface area contributed by atoms with Crippen LogP contribution in [0.5, 0.6) is 5.75 Å². The Morgan fingerprint density at radius 3 is 3.00 bits per heavy atom. The topological polar surface area (TPSA) is 77.3 Å². The molecule has 0 saturated carbocycles. The van der Waals surface area contributed by atoms with Gasteiger partial charge in [0.1, 0.15) is 10.7 Å². The summed E-state index contributed by atoms with van der Waals surface area (Å²) in [6.45, 7) is 2.86. The summed E-state index contributed by atoms with van der Waals surface area (Å²) in [5, 5.41) is 17.0. The van der Waals surface area contributed by atoms with Crippen LogP contribution in [-0.4, -0.2) is 16.5 Å². The maximum Gasteiger partial charge on any atom is 0.333 e. The van der Waals surface area contributed by atoms with Gasteiger partial charge in [-0.15, -0.1) is 11.3 Å². The van der Waals surface area contributed by atoms with E-state index < -0.39 is 4.92 Å². The molecule has 1 N–H and O–H groups in total. The molecule has 1 aromatic heterocycles. The van der Waals surface area contributed by atoms with E-state index in [1.54, 1.807) is 24.4 Å². The molecule has 1 aromatic carbocycles. The molecule has 0 bridgehead atoms. The summed E-state index contributed by atoms with van der Waals surface area (Å²) in [5.41, 5.74) is 0.413. The van der Waals surface area contributed by atoms with Crippen molar-refractivity contribution >= 4 is 22.7 Å². The number of hydrogen-bond donors (Lipinski definition) is 1. The molecule has 0 atom stereocenters. The summed E-state index contributed by atoms with van der Waals surface area (Å²) in [7, 11) is 0. The third-order valence-electron chi connectivity index (χ3n) is 2.56. The molecule has 0 aliphatic carbocycles. The number of ether oxygens (including phenoxy) is 1. The SMILES string of the molecule is CCCOc1cccc(NCc2nccs2)c1[N+](=O)[O-]. The number of rotatable bonds is 7. The smallest absolute Gasteiger partial charge is 0.333 e. The van der Waals surface area contributed by atoms with Crippen molar-refractivity contribution in [2.75, 3.05) is 11.9 Å². The van der Waals surface area contributed by atoms with Gasteiger partial charge in [0.2, 0.25) is 0 Å². The van der Waals surface area contributed by atoms with Crippen molar-refractivity contribution in [3.8, 4) is 5.75 Å². The third-order valence-corrected chi connectivity index (χ3v) is 3.34. The van der Waals surface area contributed by atoms with Crippen molar-refractivity contribution in [3.05, 3.63) is 44.9 Å². The average Bonchev–Trinajstić information content (AvgIpc) is 2.95. The van der Waals surface area contributed by atoms with Gasteiger partial charge in [-0.05, 0) is 18.6 Å². The molecule has 0 aliphatic rings. The van der Waals surface area contributed by atoms with Gasteiger partial charge in [0.15, 0.2) is 5.75 Å². The molecule has 0 amide bonds. The first-order valence-electron chi connectivity index (χ1n) is 6.24. The zero-order valence-electron chi connectivity index (χ0n) is 11.0. The summed E-state index contributed by atoms with van der Waals surface area (Å²) in [6, 6.07) is 5.02. The second-order valence-electron chi connectivity index (χ2n) is 4.04. The van der Waals surface area contributed by atoms with Gasteiger partial charge in [0, 0.05) is 11.6 Å². The Kier molecular flexibility index (Phi) is 4.89. The van der Waals surface area contributed by atoms with Crippen molar-refractivity contribution < 1.29 is 9.66 Å². The van der Waals surface area contributed by atoms with Crippen LogP contribution in [0.4, 0.5) is 11.4 Å². The van der Waals surface area contributed by atoms with Crippen molar-refractivity contribution in [1.29, 1.82) is 0 Å². The maximum absolute atomic E-state index is 11.2. The maximum atomic E-state index is 11.2. The predicted octanol–water partition coefficient (Wildman–Crippen LogP) is 3.45.